The molecule has 2 aromatic carbocycles. The predicted molar refractivity (Wildman–Crippen MR) is 107 cm³/mol. The van der Waals surface area contributed by atoms with Crippen LogP contribution in [0.15, 0.2) is 45.9 Å². The number of furan rings is 1. The zero-order chi connectivity index (χ0) is 20.1. The van der Waals surface area contributed by atoms with Crippen molar-refractivity contribution in [1.29, 1.82) is 0 Å². The molecule has 1 aromatic heterocycles. The molecular weight excluding hydrogens is 362 g/mol. The number of hydrogen-bond acceptors (Lipinski definition) is 6. The van der Waals surface area contributed by atoms with E-state index in [9.17, 15) is 9.59 Å². The van der Waals surface area contributed by atoms with Gasteiger partial charge in [-0.05, 0) is 19.1 Å². The summed E-state index contributed by atoms with van der Waals surface area (Å²) in [7, 11) is 2.95. The van der Waals surface area contributed by atoms with Crippen LogP contribution in [0.3, 0.4) is 0 Å². The first-order chi connectivity index (χ1) is 13.5. The molecule has 2 amide bonds. The number of rotatable bonds is 7. The minimum Gasteiger partial charge on any atom is -0.495 e. The quantitative estimate of drug-likeness (QED) is 0.482. The second-order valence-corrected chi connectivity index (χ2v) is 6.19. The van der Waals surface area contributed by atoms with Crippen molar-refractivity contribution in [2.24, 2.45) is 5.10 Å². The first-order valence-electron chi connectivity index (χ1n) is 8.62. The Hall–Kier alpha value is -3.39. The average molecular weight is 383 g/mol. The highest BCUT2D eigenvalue weighted by Gasteiger charge is 2.14. The van der Waals surface area contributed by atoms with Gasteiger partial charge in [-0.25, -0.2) is 5.43 Å². The number of hydrazone groups is 1. The average Bonchev–Trinajstić information content (AvgIpc) is 3.03. The Bertz CT molecular complexity index is 1050. The summed E-state index contributed by atoms with van der Waals surface area (Å²) in [5.41, 5.74) is 4.67. The van der Waals surface area contributed by atoms with Gasteiger partial charge in [-0.2, -0.15) is 5.10 Å². The predicted octanol–water partition coefficient (Wildman–Crippen LogP) is 3.06. The molecule has 0 atom stereocenters. The Morgan fingerprint density at radius 1 is 1.07 bits per heavy atom. The van der Waals surface area contributed by atoms with Crippen LogP contribution in [0.2, 0.25) is 0 Å². The van der Waals surface area contributed by atoms with Gasteiger partial charge < -0.3 is 19.2 Å². The molecule has 0 radical (unpaired) electrons. The molecule has 0 saturated carbocycles. The third-order valence-corrected chi connectivity index (χ3v) is 4.04. The van der Waals surface area contributed by atoms with Crippen LogP contribution in [0.4, 0.5) is 5.69 Å². The lowest BCUT2D eigenvalue weighted by Crippen LogP contribution is -2.24. The van der Waals surface area contributed by atoms with E-state index in [4.69, 9.17) is 13.9 Å². The van der Waals surface area contributed by atoms with Crippen molar-refractivity contribution in [2.75, 3.05) is 26.1 Å². The Kier molecular flexibility index (Phi) is 5.90. The van der Waals surface area contributed by atoms with Gasteiger partial charge in [-0.15, -0.1) is 0 Å². The maximum atomic E-state index is 12.4. The highest BCUT2D eigenvalue weighted by Crippen LogP contribution is 2.36. The fourth-order valence-electron chi connectivity index (χ4n) is 2.81. The van der Waals surface area contributed by atoms with Gasteiger partial charge in [0, 0.05) is 29.7 Å². The largest absolute Gasteiger partial charge is 0.495 e. The van der Waals surface area contributed by atoms with Gasteiger partial charge in [0.1, 0.15) is 23.5 Å². The second kappa shape index (κ2) is 8.53. The number of carbonyl (C=O) groups is 2. The molecule has 0 fully saturated rings. The molecule has 2 N–H and O–H groups in total. The number of para-hydroxylation sites is 1. The van der Waals surface area contributed by atoms with Gasteiger partial charge >= 0.3 is 0 Å². The molecule has 0 aliphatic rings. The van der Waals surface area contributed by atoms with Crippen molar-refractivity contribution >= 4 is 45.2 Å². The van der Waals surface area contributed by atoms with Crippen LogP contribution in [-0.2, 0) is 14.3 Å². The van der Waals surface area contributed by atoms with Crippen LogP contribution >= 0.6 is 0 Å². The van der Waals surface area contributed by atoms with E-state index < -0.39 is 0 Å². The minimum atomic E-state index is -0.390. The highest BCUT2D eigenvalue weighted by molar-refractivity contribution is 6.10. The summed E-state index contributed by atoms with van der Waals surface area (Å²) in [5, 5.41) is 8.55. The number of benzene rings is 2. The van der Waals surface area contributed by atoms with Crippen LogP contribution in [0.5, 0.6) is 5.75 Å². The lowest BCUT2D eigenvalue weighted by atomic mass is 10.1. The number of amides is 2. The summed E-state index contributed by atoms with van der Waals surface area (Å²) >= 11 is 0. The van der Waals surface area contributed by atoms with Crippen molar-refractivity contribution in [2.45, 2.75) is 13.3 Å². The first-order valence-corrected chi connectivity index (χ1v) is 8.62. The summed E-state index contributed by atoms with van der Waals surface area (Å²) in [4.78, 5) is 23.7. The fourth-order valence-corrected chi connectivity index (χ4v) is 2.81. The maximum Gasteiger partial charge on any atom is 0.266 e. The van der Waals surface area contributed by atoms with E-state index in [1.165, 1.54) is 14.2 Å². The number of ether oxygens (including phenoxy) is 2. The third kappa shape index (κ3) is 4.29. The van der Waals surface area contributed by atoms with Crippen LogP contribution < -0.4 is 15.5 Å². The molecule has 0 bridgehead atoms. The minimum absolute atomic E-state index is 0.00852. The van der Waals surface area contributed by atoms with E-state index in [1.54, 1.807) is 13.0 Å². The zero-order valence-electron chi connectivity index (χ0n) is 15.9. The van der Waals surface area contributed by atoms with Crippen LogP contribution in [0, 0.1) is 0 Å². The molecule has 146 valence electrons. The van der Waals surface area contributed by atoms with Crippen LogP contribution in [-0.4, -0.2) is 38.4 Å². The van der Waals surface area contributed by atoms with E-state index in [0.717, 1.165) is 16.4 Å². The number of fused-ring (bicyclic) bond motifs is 3. The van der Waals surface area contributed by atoms with E-state index in [0.29, 0.717) is 22.7 Å². The molecule has 3 aromatic rings. The molecule has 0 aliphatic heterocycles. The van der Waals surface area contributed by atoms with E-state index in [1.807, 2.05) is 30.3 Å². The second-order valence-electron chi connectivity index (χ2n) is 6.19. The molecule has 3 rings (SSSR count). The molecule has 0 spiro atoms. The van der Waals surface area contributed by atoms with Gasteiger partial charge in [-0.1, -0.05) is 18.2 Å². The van der Waals surface area contributed by atoms with Gasteiger partial charge in [0.15, 0.2) is 0 Å². The molecule has 8 nitrogen and oxygen atoms in total. The number of anilines is 1. The maximum absolute atomic E-state index is 12.4. The summed E-state index contributed by atoms with van der Waals surface area (Å²) in [6, 6.07) is 11.3. The SMILES string of the molecule is COCC(=O)N/N=C(\C)CC(=O)Nc1cc2oc3ccccc3c2cc1OC. The van der Waals surface area contributed by atoms with Gasteiger partial charge in [0.05, 0.1) is 19.2 Å². The number of carbonyl (C=O) groups excluding carboxylic acids is 2. The van der Waals surface area contributed by atoms with Gasteiger partial charge in [-0.3, -0.25) is 9.59 Å². The molecular formula is C20H21N3O5. The highest BCUT2D eigenvalue weighted by atomic mass is 16.5. The normalized spacial score (nSPS) is 11.6. The van der Waals surface area contributed by atoms with Crippen molar-refractivity contribution in [1.82, 2.24) is 5.43 Å². The Balaban J connectivity index is 1.77. The lowest BCUT2D eigenvalue weighted by Gasteiger charge is -2.10. The smallest absolute Gasteiger partial charge is 0.266 e. The van der Waals surface area contributed by atoms with Crippen molar-refractivity contribution in [3.63, 3.8) is 0 Å². The molecule has 0 unspecified atom stereocenters. The van der Waals surface area contributed by atoms with E-state index in [2.05, 4.69) is 15.8 Å². The van der Waals surface area contributed by atoms with E-state index >= 15 is 0 Å². The molecule has 0 aliphatic carbocycles. The van der Waals surface area contributed by atoms with E-state index in [-0.39, 0.29) is 24.8 Å². The topological polar surface area (TPSA) is 102 Å². The third-order valence-electron chi connectivity index (χ3n) is 4.04. The summed E-state index contributed by atoms with van der Waals surface area (Å²) in [5.74, 6) is -0.161. The van der Waals surface area contributed by atoms with Gasteiger partial charge in [0.2, 0.25) is 5.91 Å². The lowest BCUT2D eigenvalue weighted by molar-refractivity contribution is -0.124. The number of hydrogen-bond donors (Lipinski definition) is 2. The number of methoxy groups -OCH3 is 2. The molecule has 0 saturated heterocycles. The van der Waals surface area contributed by atoms with Crippen molar-refractivity contribution in [3.05, 3.63) is 36.4 Å². The molecule has 8 heteroatoms. The number of nitrogens with zero attached hydrogens (tertiary/aromatic N) is 1. The zero-order valence-corrected chi connectivity index (χ0v) is 15.9. The summed E-state index contributed by atoms with van der Waals surface area (Å²) in [6.07, 6.45) is 0.00852. The Morgan fingerprint density at radius 3 is 2.61 bits per heavy atom. The van der Waals surface area contributed by atoms with Crippen LogP contribution in [0.25, 0.3) is 21.9 Å². The summed E-state index contributed by atoms with van der Waals surface area (Å²) in [6.45, 7) is 1.55. The Morgan fingerprint density at radius 2 is 1.86 bits per heavy atom. The van der Waals surface area contributed by atoms with Crippen molar-refractivity contribution < 1.29 is 23.5 Å². The van der Waals surface area contributed by atoms with Gasteiger partial charge in [0.25, 0.3) is 5.91 Å². The monoisotopic (exact) mass is 383 g/mol. The molecule has 28 heavy (non-hydrogen) atoms. The molecule has 1 heterocycles. The fraction of sp³-hybridized carbons (Fsp3) is 0.250. The van der Waals surface area contributed by atoms with Crippen LogP contribution in [0.1, 0.15) is 13.3 Å². The Labute approximate surface area is 161 Å². The van der Waals surface area contributed by atoms with Crippen molar-refractivity contribution in [3.8, 4) is 5.75 Å². The first kappa shape index (κ1) is 19.4. The summed E-state index contributed by atoms with van der Waals surface area (Å²) < 4.78 is 16.0. The standard InChI is InChI=1S/C20H21N3O5/c1-12(22-23-20(25)11-26-2)8-19(24)21-15-10-17-14(9-18(15)27-3)13-6-4-5-7-16(13)28-17/h4-7,9-10H,8,11H2,1-3H3,(H,21,24)(H,23,25)/b22-12+. The number of nitrogens with one attached hydrogen (secondary N) is 2.